The average molecular weight is 408 g/mol. The zero-order valence-corrected chi connectivity index (χ0v) is 17.1. The van der Waals surface area contributed by atoms with Gasteiger partial charge in [0.15, 0.2) is 0 Å². The topological polar surface area (TPSA) is 84.5 Å². The highest BCUT2D eigenvalue weighted by Gasteiger charge is 2.13. The molecule has 0 aliphatic heterocycles. The second kappa shape index (κ2) is 12.9. The third-order valence-electron chi connectivity index (χ3n) is 4.35. The molecule has 6 heteroatoms. The largest absolute Gasteiger partial charge is 0.466 e. The fourth-order valence-electron chi connectivity index (χ4n) is 2.84. The predicted octanol–water partition coefficient (Wildman–Crippen LogP) is 3.89. The second-order valence-electron chi connectivity index (χ2n) is 6.76. The van der Waals surface area contributed by atoms with Gasteiger partial charge in [0, 0.05) is 19.4 Å². The van der Waals surface area contributed by atoms with Crippen molar-refractivity contribution < 1.29 is 19.1 Å². The van der Waals surface area contributed by atoms with E-state index in [4.69, 9.17) is 4.74 Å². The van der Waals surface area contributed by atoms with Crippen LogP contribution in [0.2, 0.25) is 0 Å². The van der Waals surface area contributed by atoms with Crippen molar-refractivity contribution in [2.45, 2.75) is 32.1 Å². The van der Waals surface area contributed by atoms with E-state index in [0.29, 0.717) is 30.8 Å². The minimum absolute atomic E-state index is 0.168. The van der Waals surface area contributed by atoms with Crippen molar-refractivity contribution in [2.75, 3.05) is 18.5 Å². The zero-order chi connectivity index (χ0) is 21.6. The number of hydrogen-bond donors (Lipinski definition) is 2. The van der Waals surface area contributed by atoms with Crippen LogP contribution in [0.25, 0.3) is 0 Å². The van der Waals surface area contributed by atoms with Gasteiger partial charge in [-0.3, -0.25) is 14.4 Å². The van der Waals surface area contributed by atoms with Crippen LogP contribution in [0, 0.1) is 0 Å². The van der Waals surface area contributed by atoms with Crippen LogP contribution in [-0.2, 0) is 20.7 Å². The summed E-state index contributed by atoms with van der Waals surface area (Å²) in [6, 6.07) is 16.8. The van der Waals surface area contributed by atoms with Gasteiger partial charge < -0.3 is 15.4 Å². The molecule has 30 heavy (non-hydrogen) atoms. The summed E-state index contributed by atoms with van der Waals surface area (Å²) in [5.74, 6) is -0.846. The fourth-order valence-corrected chi connectivity index (χ4v) is 2.84. The van der Waals surface area contributed by atoms with Gasteiger partial charge in [0.2, 0.25) is 5.91 Å². The van der Waals surface area contributed by atoms with Crippen molar-refractivity contribution in [2.24, 2.45) is 0 Å². The molecule has 0 saturated carbocycles. The zero-order valence-electron chi connectivity index (χ0n) is 17.1. The molecule has 2 aromatic rings. The SMILES string of the molecule is C=CCNC(=O)c1ccccc1NC(=O)CCCC(=O)OCCCc1ccccc1. The lowest BCUT2D eigenvalue weighted by atomic mass is 10.1. The molecule has 0 aliphatic carbocycles. The van der Waals surface area contributed by atoms with Crippen LogP contribution in [0.15, 0.2) is 67.3 Å². The Hall–Kier alpha value is -3.41. The summed E-state index contributed by atoms with van der Waals surface area (Å²) >= 11 is 0. The first-order valence-electron chi connectivity index (χ1n) is 10.1. The summed E-state index contributed by atoms with van der Waals surface area (Å²) in [4.78, 5) is 36.2. The molecule has 0 spiro atoms. The van der Waals surface area contributed by atoms with E-state index < -0.39 is 0 Å². The Morgan fingerprint density at radius 3 is 2.43 bits per heavy atom. The van der Waals surface area contributed by atoms with Crippen LogP contribution in [-0.4, -0.2) is 30.9 Å². The van der Waals surface area contributed by atoms with Crippen molar-refractivity contribution in [3.05, 3.63) is 78.4 Å². The highest BCUT2D eigenvalue weighted by atomic mass is 16.5. The van der Waals surface area contributed by atoms with Crippen LogP contribution in [0.1, 0.15) is 41.6 Å². The summed E-state index contributed by atoms with van der Waals surface area (Å²) in [5.41, 5.74) is 2.03. The Labute approximate surface area is 177 Å². The van der Waals surface area contributed by atoms with Gasteiger partial charge in [0.25, 0.3) is 5.91 Å². The first-order valence-corrected chi connectivity index (χ1v) is 10.1. The van der Waals surface area contributed by atoms with Gasteiger partial charge in [-0.2, -0.15) is 0 Å². The molecule has 0 unspecified atom stereocenters. The normalized spacial score (nSPS) is 10.1. The lowest BCUT2D eigenvalue weighted by Crippen LogP contribution is -2.25. The van der Waals surface area contributed by atoms with E-state index in [1.165, 1.54) is 5.56 Å². The monoisotopic (exact) mass is 408 g/mol. The minimum atomic E-state index is -0.305. The first kappa shape index (κ1) is 22.9. The van der Waals surface area contributed by atoms with Crippen LogP contribution in [0.5, 0.6) is 0 Å². The van der Waals surface area contributed by atoms with Crippen molar-refractivity contribution in [1.82, 2.24) is 5.32 Å². The number of amides is 2. The highest BCUT2D eigenvalue weighted by Crippen LogP contribution is 2.15. The molecule has 2 amide bonds. The molecule has 0 aromatic heterocycles. The van der Waals surface area contributed by atoms with Crippen LogP contribution in [0.3, 0.4) is 0 Å². The molecule has 0 atom stereocenters. The van der Waals surface area contributed by atoms with Gasteiger partial charge in [0.05, 0.1) is 17.9 Å². The van der Waals surface area contributed by atoms with Crippen molar-refractivity contribution in [3.63, 3.8) is 0 Å². The molecular formula is C24H28N2O4. The van der Waals surface area contributed by atoms with Gasteiger partial charge >= 0.3 is 5.97 Å². The van der Waals surface area contributed by atoms with Gasteiger partial charge in [-0.25, -0.2) is 0 Å². The van der Waals surface area contributed by atoms with Crippen molar-refractivity contribution in [1.29, 1.82) is 0 Å². The Kier molecular flexibility index (Phi) is 9.86. The number of esters is 1. The predicted molar refractivity (Wildman–Crippen MR) is 117 cm³/mol. The number of benzene rings is 2. The number of anilines is 1. The fraction of sp³-hybridized carbons (Fsp3) is 0.292. The van der Waals surface area contributed by atoms with E-state index in [9.17, 15) is 14.4 Å². The quantitative estimate of drug-likeness (QED) is 0.317. The van der Waals surface area contributed by atoms with E-state index >= 15 is 0 Å². The van der Waals surface area contributed by atoms with Gasteiger partial charge in [-0.15, -0.1) is 6.58 Å². The third kappa shape index (κ3) is 8.31. The van der Waals surface area contributed by atoms with E-state index in [1.54, 1.807) is 30.3 Å². The number of para-hydroxylation sites is 1. The lowest BCUT2D eigenvalue weighted by Gasteiger charge is -2.11. The first-order chi connectivity index (χ1) is 14.6. The Morgan fingerprint density at radius 1 is 0.933 bits per heavy atom. The van der Waals surface area contributed by atoms with E-state index in [0.717, 1.165) is 12.8 Å². The summed E-state index contributed by atoms with van der Waals surface area (Å²) in [6.07, 6.45) is 3.94. The van der Waals surface area contributed by atoms with E-state index in [-0.39, 0.29) is 30.6 Å². The van der Waals surface area contributed by atoms with Crippen LogP contribution >= 0.6 is 0 Å². The summed E-state index contributed by atoms with van der Waals surface area (Å²) < 4.78 is 5.22. The van der Waals surface area contributed by atoms with Gasteiger partial charge in [0.1, 0.15) is 0 Å². The van der Waals surface area contributed by atoms with Crippen molar-refractivity contribution >= 4 is 23.5 Å². The molecular weight excluding hydrogens is 380 g/mol. The molecule has 0 radical (unpaired) electrons. The van der Waals surface area contributed by atoms with Crippen LogP contribution < -0.4 is 10.6 Å². The third-order valence-corrected chi connectivity index (χ3v) is 4.35. The molecule has 0 saturated heterocycles. The standard InChI is InChI=1S/C24H28N2O4/c1-2-17-25-24(29)20-13-6-7-14-21(20)26-22(27)15-8-16-23(28)30-18-9-12-19-10-4-3-5-11-19/h2-7,10-11,13-14H,1,8-9,12,15-18H2,(H,25,29)(H,26,27). The van der Waals surface area contributed by atoms with E-state index in [1.807, 2.05) is 30.3 Å². The maximum absolute atomic E-state index is 12.2. The molecule has 0 fully saturated rings. The number of nitrogens with one attached hydrogen (secondary N) is 2. The van der Waals surface area contributed by atoms with Crippen LogP contribution in [0.4, 0.5) is 5.69 Å². The molecule has 2 aromatic carbocycles. The number of ether oxygens (including phenoxy) is 1. The molecule has 158 valence electrons. The molecule has 6 nitrogen and oxygen atoms in total. The summed E-state index contributed by atoms with van der Waals surface area (Å²) in [6.45, 7) is 4.27. The molecule has 2 rings (SSSR count). The van der Waals surface area contributed by atoms with Gasteiger partial charge in [-0.1, -0.05) is 48.5 Å². The number of aryl methyl sites for hydroxylation is 1. The maximum atomic E-state index is 12.2. The number of carbonyl (C=O) groups excluding carboxylic acids is 3. The number of rotatable bonds is 12. The number of hydrogen-bond acceptors (Lipinski definition) is 4. The summed E-state index contributed by atoms with van der Waals surface area (Å²) in [7, 11) is 0. The lowest BCUT2D eigenvalue weighted by molar-refractivity contribution is -0.143. The minimum Gasteiger partial charge on any atom is -0.466 e. The second-order valence-corrected chi connectivity index (χ2v) is 6.76. The molecule has 0 bridgehead atoms. The van der Waals surface area contributed by atoms with Gasteiger partial charge in [-0.05, 0) is 37.0 Å². The molecule has 2 N–H and O–H groups in total. The average Bonchev–Trinajstić information content (AvgIpc) is 2.76. The number of carbonyl (C=O) groups is 3. The molecule has 0 aliphatic rings. The summed E-state index contributed by atoms with van der Waals surface area (Å²) in [5, 5.41) is 5.42. The van der Waals surface area contributed by atoms with E-state index in [2.05, 4.69) is 17.2 Å². The Morgan fingerprint density at radius 2 is 1.67 bits per heavy atom. The Balaban J connectivity index is 1.66. The highest BCUT2D eigenvalue weighted by molar-refractivity contribution is 6.03. The van der Waals surface area contributed by atoms with Crippen molar-refractivity contribution in [3.8, 4) is 0 Å². The Bertz CT molecular complexity index is 849. The smallest absolute Gasteiger partial charge is 0.305 e. The maximum Gasteiger partial charge on any atom is 0.305 e. The molecule has 0 heterocycles.